The number of ether oxygens (including phenoxy) is 3. The molecule has 0 radical (unpaired) electrons. The molecule has 6 aliphatic rings. The zero-order valence-electron chi connectivity index (χ0n) is 29.0. The van der Waals surface area contributed by atoms with E-state index in [1.54, 1.807) is 13.8 Å². The van der Waals surface area contributed by atoms with Gasteiger partial charge in [-0.2, -0.15) is 0 Å². The van der Waals surface area contributed by atoms with E-state index in [0.717, 1.165) is 44.9 Å². The molecule has 6 fully saturated rings. The number of carboxylic acids is 1. The Morgan fingerprint density at radius 1 is 0.800 bits per heavy atom. The van der Waals surface area contributed by atoms with Crippen molar-refractivity contribution in [2.24, 2.45) is 28.1 Å². The average molecular weight is 639 g/mol. The first-order chi connectivity index (χ1) is 20.6. The molecule has 0 amide bonds. The fourth-order valence-corrected chi connectivity index (χ4v) is 7.39. The first kappa shape index (κ1) is 37.3. The Morgan fingerprint density at radius 2 is 1.31 bits per heavy atom. The Balaban J connectivity index is 0.000000201. The van der Waals surface area contributed by atoms with Gasteiger partial charge in [-0.3, -0.25) is 14.4 Å². The van der Waals surface area contributed by atoms with Crippen molar-refractivity contribution in [3.63, 3.8) is 0 Å². The van der Waals surface area contributed by atoms with E-state index >= 15 is 0 Å². The van der Waals surface area contributed by atoms with E-state index in [4.69, 9.17) is 19.3 Å². The van der Waals surface area contributed by atoms with Crippen molar-refractivity contribution in [2.75, 3.05) is 0 Å². The zero-order chi connectivity index (χ0) is 34.2. The van der Waals surface area contributed by atoms with Crippen molar-refractivity contribution in [1.29, 1.82) is 0 Å². The number of aliphatic hydroxyl groups is 2. The van der Waals surface area contributed by atoms with Crippen LogP contribution in [0.25, 0.3) is 0 Å². The lowest BCUT2D eigenvalue weighted by atomic mass is 9.50. The molecule has 5 atom stereocenters. The van der Waals surface area contributed by atoms with Crippen LogP contribution in [0.15, 0.2) is 0 Å². The van der Waals surface area contributed by atoms with Crippen LogP contribution in [0.5, 0.6) is 0 Å². The summed E-state index contributed by atoms with van der Waals surface area (Å²) in [6.07, 6.45) is 7.98. The van der Waals surface area contributed by atoms with Crippen LogP contribution in [-0.4, -0.2) is 68.2 Å². The summed E-state index contributed by atoms with van der Waals surface area (Å²) in [6.45, 7) is 16.7. The highest BCUT2D eigenvalue weighted by Crippen LogP contribution is 2.60. The maximum Gasteiger partial charge on any atom is 0.348 e. The molecular weight excluding hydrogens is 580 g/mol. The topological polar surface area (TPSA) is 157 Å². The molecule has 0 aromatic carbocycles. The number of carboxylic acid groups (broad SMARTS) is 1. The summed E-state index contributed by atoms with van der Waals surface area (Å²) in [6, 6.07) is 0. The van der Waals surface area contributed by atoms with Crippen LogP contribution in [-0.2, 0) is 33.4 Å². The molecule has 1 saturated heterocycles. The molecule has 1 heterocycles. The van der Waals surface area contributed by atoms with Gasteiger partial charge in [0.25, 0.3) is 0 Å². The first-order valence-corrected chi connectivity index (χ1v) is 16.9. The predicted molar refractivity (Wildman–Crippen MR) is 167 cm³/mol. The molecule has 5 aliphatic carbocycles. The molecule has 10 nitrogen and oxygen atoms in total. The van der Waals surface area contributed by atoms with E-state index in [9.17, 15) is 29.4 Å². The van der Waals surface area contributed by atoms with E-state index in [0.29, 0.717) is 32.1 Å². The molecule has 1 aliphatic heterocycles. The number of hydrogen-bond acceptors (Lipinski definition) is 9. The number of hydrogen-bond donors (Lipinski definition) is 3. The lowest BCUT2D eigenvalue weighted by molar-refractivity contribution is -0.264. The number of fused-ring (bicyclic) bond motifs is 1. The molecule has 3 N–H and O–H groups in total. The molecule has 45 heavy (non-hydrogen) atoms. The molecular formula is C35H58O10. The maximum absolute atomic E-state index is 12.4. The summed E-state index contributed by atoms with van der Waals surface area (Å²) < 4.78 is 16.5. The molecule has 10 heteroatoms. The molecule has 6 rings (SSSR count). The van der Waals surface area contributed by atoms with Gasteiger partial charge in [0.15, 0.2) is 0 Å². The van der Waals surface area contributed by atoms with Crippen LogP contribution in [0, 0.1) is 28.1 Å². The van der Waals surface area contributed by atoms with Gasteiger partial charge in [0.1, 0.15) is 11.7 Å². The third-order valence-corrected chi connectivity index (χ3v) is 11.2. The van der Waals surface area contributed by atoms with Crippen LogP contribution < -0.4 is 0 Å². The molecule has 0 aromatic heterocycles. The standard InChI is InChI=1S/C16H26O4.C13H20O4.C6H12O2/c1-4-13(2,3)12(17)20-16-7-11-5-14(18,9-16)8-15(19,6-11)10-16;1-4-13(2,3)12(15)17-10-8-6-5-7-9(8)16-11(10)14;1-4-6(2,3)5(7)8/h11,18-19H,4-10H2,1-3H3;8-10H,4-7H2,1-3H3;4H2,1-3H3,(H,7,8). The smallest absolute Gasteiger partial charge is 0.348 e. The van der Waals surface area contributed by atoms with Crippen LogP contribution >= 0.6 is 0 Å². The van der Waals surface area contributed by atoms with Gasteiger partial charge in [-0.05, 0) is 105 Å². The van der Waals surface area contributed by atoms with Crippen molar-refractivity contribution in [2.45, 2.75) is 168 Å². The SMILES string of the molecule is CCC(C)(C)C(=O)O.CCC(C)(C)C(=O)OC12CC3CC(O)(CC(O)(C3)C1)C2.CCC(C)(C)C(=O)OC1C(=O)OC2CCCC21. The van der Waals surface area contributed by atoms with Crippen molar-refractivity contribution in [1.82, 2.24) is 0 Å². The Morgan fingerprint density at radius 3 is 1.76 bits per heavy atom. The molecule has 5 unspecified atom stereocenters. The quantitative estimate of drug-likeness (QED) is 0.222. The van der Waals surface area contributed by atoms with E-state index in [2.05, 4.69) is 0 Å². The van der Waals surface area contributed by atoms with Crippen LogP contribution in [0.4, 0.5) is 0 Å². The Labute approximate surface area is 268 Å². The second-order valence-electron chi connectivity index (χ2n) is 16.4. The third kappa shape index (κ3) is 8.40. The minimum Gasteiger partial charge on any atom is -0.481 e. The molecule has 0 aromatic rings. The normalized spacial score (nSPS) is 34.9. The highest BCUT2D eigenvalue weighted by molar-refractivity contribution is 5.83. The predicted octanol–water partition coefficient (Wildman–Crippen LogP) is 5.73. The van der Waals surface area contributed by atoms with Gasteiger partial charge >= 0.3 is 23.9 Å². The van der Waals surface area contributed by atoms with Crippen molar-refractivity contribution < 1.29 is 48.7 Å². The lowest BCUT2D eigenvalue weighted by Gasteiger charge is -2.62. The van der Waals surface area contributed by atoms with Crippen molar-refractivity contribution in [3.05, 3.63) is 0 Å². The Hall–Kier alpha value is -2.20. The minimum absolute atomic E-state index is 0.0231. The molecule has 5 saturated carbocycles. The average Bonchev–Trinajstić information content (AvgIpc) is 3.48. The van der Waals surface area contributed by atoms with Crippen molar-refractivity contribution >= 4 is 23.9 Å². The van der Waals surface area contributed by atoms with Gasteiger partial charge in [0, 0.05) is 25.2 Å². The van der Waals surface area contributed by atoms with E-state index in [-0.39, 0.29) is 35.8 Å². The highest BCUT2D eigenvalue weighted by Gasteiger charge is 2.64. The summed E-state index contributed by atoms with van der Waals surface area (Å²) in [7, 11) is 0. The summed E-state index contributed by atoms with van der Waals surface area (Å²) in [4.78, 5) is 46.3. The summed E-state index contributed by atoms with van der Waals surface area (Å²) in [5.74, 6) is -1.22. The number of esters is 3. The fourth-order valence-electron chi connectivity index (χ4n) is 7.39. The minimum atomic E-state index is -0.842. The number of carbonyl (C=O) groups excluding carboxylic acids is 3. The van der Waals surface area contributed by atoms with Gasteiger partial charge in [-0.1, -0.05) is 20.8 Å². The van der Waals surface area contributed by atoms with Gasteiger partial charge in [0.2, 0.25) is 6.10 Å². The Kier molecular flexibility index (Phi) is 10.9. The number of rotatable bonds is 8. The van der Waals surface area contributed by atoms with Gasteiger partial charge in [0.05, 0.1) is 27.4 Å². The lowest BCUT2D eigenvalue weighted by Crippen LogP contribution is -2.67. The second-order valence-corrected chi connectivity index (χ2v) is 16.4. The van der Waals surface area contributed by atoms with E-state index in [1.165, 1.54) is 0 Å². The van der Waals surface area contributed by atoms with Crippen LogP contribution in [0.2, 0.25) is 0 Å². The van der Waals surface area contributed by atoms with Crippen molar-refractivity contribution in [3.8, 4) is 0 Å². The number of carbonyl (C=O) groups is 4. The first-order valence-electron chi connectivity index (χ1n) is 16.9. The van der Waals surface area contributed by atoms with Crippen LogP contribution in [0.3, 0.4) is 0 Å². The van der Waals surface area contributed by atoms with Gasteiger partial charge in [-0.25, -0.2) is 4.79 Å². The van der Waals surface area contributed by atoms with E-state index < -0.39 is 45.1 Å². The van der Waals surface area contributed by atoms with Gasteiger partial charge in [-0.15, -0.1) is 0 Å². The summed E-state index contributed by atoms with van der Waals surface area (Å²) in [5.41, 5.74) is -3.91. The van der Waals surface area contributed by atoms with Gasteiger partial charge < -0.3 is 29.5 Å². The molecule has 0 spiro atoms. The highest BCUT2D eigenvalue weighted by atomic mass is 16.6. The maximum atomic E-state index is 12.4. The van der Waals surface area contributed by atoms with Crippen LogP contribution in [0.1, 0.15) is 139 Å². The fraction of sp³-hybridized carbons (Fsp3) is 0.886. The number of aliphatic carboxylic acids is 1. The molecule has 4 bridgehead atoms. The summed E-state index contributed by atoms with van der Waals surface area (Å²) in [5, 5.41) is 29.8. The zero-order valence-corrected chi connectivity index (χ0v) is 29.0. The second kappa shape index (κ2) is 13.1. The molecule has 258 valence electrons. The summed E-state index contributed by atoms with van der Waals surface area (Å²) >= 11 is 0. The Bertz CT molecular complexity index is 1110. The third-order valence-electron chi connectivity index (χ3n) is 11.2. The van der Waals surface area contributed by atoms with E-state index in [1.807, 2.05) is 48.5 Å². The monoisotopic (exact) mass is 638 g/mol. The largest absolute Gasteiger partial charge is 0.481 e.